The molecule has 0 bridgehead atoms. The normalized spacial score (nSPS) is 11.8. The van der Waals surface area contributed by atoms with Crippen LogP contribution in [0.15, 0.2) is 42.5 Å². The van der Waals surface area contributed by atoms with E-state index in [2.05, 4.69) is 5.32 Å². The van der Waals surface area contributed by atoms with Gasteiger partial charge in [-0.25, -0.2) is 0 Å². The molecule has 0 saturated heterocycles. The third-order valence-corrected chi connectivity index (χ3v) is 4.29. The van der Waals surface area contributed by atoms with Gasteiger partial charge in [-0.3, -0.25) is 9.59 Å². The Hall–Kier alpha value is -2.33. The molecule has 1 amide bonds. The van der Waals surface area contributed by atoms with Crippen molar-refractivity contribution in [2.75, 3.05) is 5.32 Å². The molecule has 0 heterocycles. The lowest BCUT2D eigenvalue weighted by atomic mass is 9.94. The number of hydrogen-bond acceptors (Lipinski definition) is 2. The van der Waals surface area contributed by atoms with Gasteiger partial charge in [-0.15, -0.1) is 0 Å². The summed E-state index contributed by atoms with van der Waals surface area (Å²) in [6, 6.07) is 13.0. The summed E-state index contributed by atoms with van der Waals surface area (Å²) in [5.74, 6) is -1.96. The zero-order chi connectivity index (χ0) is 17.7. The lowest BCUT2D eigenvalue weighted by molar-refractivity contribution is -0.140. The fourth-order valence-electron chi connectivity index (χ4n) is 2.57. The second-order valence-corrected chi connectivity index (χ2v) is 6.30. The van der Waals surface area contributed by atoms with E-state index in [1.165, 1.54) is 0 Å². The lowest BCUT2D eigenvalue weighted by Gasteiger charge is -2.17. The SMILES string of the molecule is Cc1cccc(C[C@H](CC(=O)O)C(=O)Nc2cccc(Cl)c2C)c1. The van der Waals surface area contributed by atoms with Crippen LogP contribution >= 0.6 is 11.6 Å². The summed E-state index contributed by atoms with van der Waals surface area (Å²) in [7, 11) is 0. The molecule has 0 fully saturated rings. The summed E-state index contributed by atoms with van der Waals surface area (Å²) in [5, 5.41) is 12.5. The molecular weight excluding hydrogens is 326 g/mol. The summed E-state index contributed by atoms with van der Waals surface area (Å²) < 4.78 is 0. The number of hydrogen-bond donors (Lipinski definition) is 2. The number of rotatable bonds is 6. The Kier molecular flexibility index (Phi) is 5.99. The number of carboxylic acids is 1. The minimum Gasteiger partial charge on any atom is -0.481 e. The van der Waals surface area contributed by atoms with Gasteiger partial charge in [0.05, 0.1) is 12.3 Å². The first-order valence-electron chi connectivity index (χ1n) is 7.70. The molecule has 1 atom stereocenters. The number of halogens is 1. The van der Waals surface area contributed by atoms with Crippen LogP contribution in [0.5, 0.6) is 0 Å². The fraction of sp³-hybridized carbons (Fsp3) is 0.263. The van der Waals surface area contributed by atoms with E-state index in [1.807, 2.05) is 38.1 Å². The maximum atomic E-state index is 12.6. The van der Waals surface area contributed by atoms with Crippen LogP contribution in [0.3, 0.4) is 0 Å². The molecule has 0 aromatic heterocycles. The molecule has 4 nitrogen and oxygen atoms in total. The molecule has 0 spiro atoms. The summed E-state index contributed by atoms with van der Waals surface area (Å²) >= 11 is 6.06. The highest BCUT2D eigenvalue weighted by Gasteiger charge is 2.23. The first-order chi connectivity index (χ1) is 11.4. The van der Waals surface area contributed by atoms with Crippen LogP contribution in [0.2, 0.25) is 5.02 Å². The molecule has 0 aliphatic heterocycles. The molecule has 2 rings (SSSR count). The van der Waals surface area contributed by atoms with Gasteiger partial charge in [0.2, 0.25) is 5.91 Å². The van der Waals surface area contributed by atoms with Crippen LogP contribution in [-0.4, -0.2) is 17.0 Å². The number of carbonyl (C=O) groups excluding carboxylic acids is 1. The zero-order valence-corrected chi connectivity index (χ0v) is 14.4. The lowest BCUT2D eigenvalue weighted by Crippen LogP contribution is -2.27. The van der Waals surface area contributed by atoms with E-state index in [9.17, 15) is 9.59 Å². The Morgan fingerprint density at radius 3 is 2.54 bits per heavy atom. The third kappa shape index (κ3) is 4.83. The highest BCUT2D eigenvalue weighted by molar-refractivity contribution is 6.31. The quantitative estimate of drug-likeness (QED) is 0.823. The van der Waals surface area contributed by atoms with Gasteiger partial charge in [0, 0.05) is 10.7 Å². The number of carboxylic acid groups (broad SMARTS) is 1. The fourth-order valence-corrected chi connectivity index (χ4v) is 2.74. The molecule has 0 radical (unpaired) electrons. The van der Waals surface area contributed by atoms with Crippen molar-refractivity contribution in [3.63, 3.8) is 0 Å². The number of aliphatic carboxylic acids is 1. The summed E-state index contributed by atoms with van der Waals surface area (Å²) in [5.41, 5.74) is 3.39. The standard InChI is InChI=1S/C19H20ClNO3/c1-12-5-3-6-14(9-12)10-15(11-18(22)23)19(24)21-17-8-4-7-16(20)13(17)2/h3-9,15H,10-11H2,1-2H3,(H,21,24)(H,22,23)/t15-/m1/s1. The Balaban J connectivity index is 2.18. The number of nitrogens with one attached hydrogen (secondary N) is 1. The van der Waals surface area contributed by atoms with Crippen molar-refractivity contribution < 1.29 is 14.7 Å². The maximum absolute atomic E-state index is 12.6. The van der Waals surface area contributed by atoms with Gasteiger partial charge in [-0.05, 0) is 43.5 Å². The van der Waals surface area contributed by atoms with Crippen molar-refractivity contribution in [3.05, 3.63) is 64.2 Å². The van der Waals surface area contributed by atoms with Crippen molar-refractivity contribution in [1.82, 2.24) is 0 Å². The van der Waals surface area contributed by atoms with Gasteiger partial charge in [0.15, 0.2) is 0 Å². The van der Waals surface area contributed by atoms with Crippen LogP contribution in [0, 0.1) is 19.8 Å². The van der Waals surface area contributed by atoms with Crippen molar-refractivity contribution in [2.45, 2.75) is 26.7 Å². The number of aryl methyl sites for hydroxylation is 1. The number of carbonyl (C=O) groups is 2. The second kappa shape index (κ2) is 7.97. The van der Waals surface area contributed by atoms with Gasteiger partial charge in [0.25, 0.3) is 0 Å². The van der Waals surface area contributed by atoms with Crippen LogP contribution in [0.1, 0.15) is 23.1 Å². The van der Waals surface area contributed by atoms with Gasteiger partial charge < -0.3 is 10.4 Å². The summed E-state index contributed by atoms with van der Waals surface area (Å²) in [4.78, 5) is 23.7. The van der Waals surface area contributed by atoms with Crippen LogP contribution in [0.4, 0.5) is 5.69 Å². The molecule has 0 saturated carbocycles. The van der Waals surface area contributed by atoms with Gasteiger partial charge >= 0.3 is 5.97 Å². The summed E-state index contributed by atoms with van der Waals surface area (Å²) in [6.07, 6.45) is 0.152. The van der Waals surface area contributed by atoms with Crippen molar-refractivity contribution >= 4 is 29.2 Å². The monoisotopic (exact) mass is 345 g/mol. The molecular formula is C19H20ClNO3. The molecule has 2 aromatic carbocycles. The molecule has 126 valence electrons. The molecule has 5 heteroatoms. The largest absolute Gasteiger partial charge is 0.481 e. The van der Waals surface area contributed by atoms with E-state index in [4.69, 9.17) is 16.7 Å². The van der Waals surface area contributed by atoms with Crippen molar-refractivity contribution in [2.24, 2.45) is 5.92 Å². The molecule has 2 N–H and O–H groups in total. The molecule has 0 unspecified atom stereocenters. The zero-order valence-electron chi connectivity index (χ0n) is 13.7. The Labute approximate surface area is 146 Å². The smallest absolute Gasteiger partial charge is 0.304 e. The van der Waals surface area contributed by atoms with Crippen molar-refractivity contribution in [3.8, 4) is 0 Å². The average molecular weight is 346 g/mol. The number of anilines is 1. The minimum atomic E-state index is -0.995. The van der Waals surface area contributed by atoms with Crippen LogP contribution < -0.4 is 5.32 Å². The van der Waals surface area contributed by atoms with E-state index in [0.29, 0.717) is 17.1 Å². The van der Waals surface area contributed by atoms with E-state index in [0.717, 1.165) is 16.7 Å². The van der Waals surface area contributed by atoms with E-state index in [-0.39, 0.29) is 12.3 Å². The minimum absolute atomic E-state index is 0.223. The maximum Gasteiger partial charge on any atom is 0.304 e. The summed E-state index contributed by atoms with van der Waals surface area (Å²) in [6.45, 7) is 3.77. The van der Waals surface area contributed by atoms with E-state index >= 15 is 0 Å². The number of benzene rings is 2. The molecule has 24 heavy (non-hydrogen) atoms. The Morgan fingerprint density at radius 2 is 1.88 bits per heavy atom. The van der Waals surface area contributed by atoms with Gasteiger partial charge in [0.1, 0.15) is 0 Å². The van der Waals surface area contributed by atoms with E-state index in [1.54, 1.807) is 18.2 Å². The van der Waals surface area contributed by atoms with Gasteiger partial charge in [-0.2, -0.15) is 0 Å². The van der Waals surface area contributed by atoms with E-state index < -0.39 is 11.9 Å². The average Bonchev–Trinajstić information content (AvgIpc) is 2.51. The highest BCUT2D eigenvalue weighted by atomic mass is 35.5. The first-order valence-corrected chi connectivity index (χ1v) is 8.08. The number of amides is 1. The molecule has 0 aliphatic rings. The highest BCUT2D eigenvalue weighted by Crippen LogP contribution is 2.24. The predicted octanol–water partition coefficient (Wildman–Crippen LogP) is 4.23. The second-order valence-electron chi connectivity index (χ2n) is 5.89. The topological polar surface area (TPSA) is 66.4 Å². The molecule has 2 aromatic rings. The van der Waals surface area contributed by atoms with Gasteiger partial charge in [-0.1, -0.05) is 47.5 Å². The Bertz CT molecular complexity index is 758. The molecule has 0 aliphatic carbocycles. The van der Waals surface area contributed by atoms with Crippen LogP contribution in [0.25, 0.3) is 0 Å². The predicted molar refractivity (Wildman–Crippen MR) is 95.4 cm³/mol. The Morgan fingerprint density at radius 1 is 1.17 bits per heavy atom. The first kappa shape index (κ1) is 18.0. The van der Waals surface area contributed by atoms with Crippen LogP contribution in [-0.2, 0) is 16.0 Å². The third-order valence-electron chi connectivity index (χ3n) is 3.88. The van der Waals surface area contributed by atoms with Crippen molar-refractivity contribution in [1.29, 1.82) is 0 Å².